The molecule has 0 bridgehead atoms. The maximum Gasteiger partial charge on any atom is 0.258 e. The molecule has 3 rings (SSSR count). The van der Waals surface area contributed by atoms with Crippen LogP contribution in [0.2, 0.25) is 0 Å². The Morgan fingerprint density at radius 1 is 1.04 bits per heavy atom. The fourth-order valence-corrected chi connectivity index (χ4v) is 2.33. The van der Waals surface area contributed by atoms with Crippen LogP contribution in [0.4, 0.5) is 0 Å². The zero-order valence-corrected chi connectivity index (χ0v) is 14.2. The largest absolute Gasteiger partial charge is 0.497 e. The van der Waals surface area contributed by atoms with Gasteiger partial charge in [0.25, 0.3) is 5.89 Å². The number of methoxy groups -OCH3 is 1. The van der Waals surface area contributed by atoms with E-state index in [1.165, 1.54) is 0 Å². The smallest absolute Gasteiger partial charge is 0.258 e. The van der Waals surface area contributed by atoms with Crippen molar-refractivity contribution in [1.82, 2.24) is 10.1 Å². The zero-order chi connectivity index (χ0) is 17.6. The molecular weight excluding hydrogens is 320 g/mol. The third kappa shape index (κ3) is 4.16. The highest BCUT2D eigenvalue weighted by Gasteiger charge is 2.10. The van der Waals surface area contributed by atoms with Crippen LogP contribution in [0.15, 0.2) is 53.1 Å². The lowest BCUT2D eigenvalue weighted by molar-refractivity contribution is 0.173. The Labute approximate surface area is 146 Å². The topological polar surface area (TPSA) is 77.6 Å². The van der Waals surface area contributed by atoms with Gasteiger partial charge in [-0.25, -0.2) is 0 Å². The summed E-state index contributed by atoms with van der Waals surface area (Å²) >= 11 is 0. The van der Waals surface area contributed by atoms with Crippen molar-refractivity contribution in [3.63, 3.8) is 0 Å². The summed E-state index contributed by atoms with van der Waals surface area (Å²) in [6, 6.07) is 14.7. The number of hydrogen-bond donors (Lipinski definition) is 1. The van der Waals surface area contributed by atoms with Gasteiger partial charge in [0.15, 0.2) is 6.61 Å². The minimum absolute atomic E-state index is 0.204. The van der Waals surface area contributed by atoms with Crippen LogP contribution in [-0.4, -0.2) is 22.4 Å². The molecule has 1 heterocycles. The van der Waals surface area contributed by atoms with Crippen molar-refractivity contribution in [1.29, 1.82) is 0 Å². The lowest BCUT2D eigenvalue weighted by Gasteiger charge is -2.09. The zero-order valence-electron chi connectivity index (χ0n) is 14.2. The second-order valence-electron chi connectivity index (χ2n) is 5.53. The highest BCUT2D eigenvalue weighted by molar-refractivity contribution is 5.54. The summed E-state index contributed by atoms with van der Waals surface area (Å²) in [6.07, 6.45) is 0.232. The van der Waals surface area contributed by atoms with Gasteiger partial charge in [0.05, 0.1) is 13.2 Å². The van der Waals surface area contributed by atoms with Crippen LogP contribution in [0.5, 0.6) is 11.5 Å². The number of ether oxygens (including phenoxy) is 2. The van der Waals surface area contributed by atoms with Crippen LogP contribution in [-0.2, 0) is 6.61 Å². The summed E-state index contributed by atoms with van der Waals surface area (Å²) in [4.78, 5) is 4.33. The van der Waals surface area contributed by atoms with Gasteiger partial charge in [-0.3, -0.25) is 0 Å². The molecule has 0 spiro atoms. The summed E-state index contributed by atoms with van der Waals surface area (Å²) in [7, 11) is 1.62. The lowest BCUT2D eigenvalue weighted by Crippen LogP contribution is -1.99. The van der Waals surface area contributed by atoms with E-state index >= 15 is 0 Å². The van der Waals surface area contributed by atoms with E-state index in [0.29, 0.717) is 23.9 Å². The van der Waals surface area contributed by atoms with E-state index < -0.39 is 6.10 Å². The van der Waals surface area contributed by atoms with E-state index in [0.717, 1.165) is 16.9 Å². The van der Waals surface area contributed by atoms with Gasteiger partial charge >= 0.3 is 0 Å². The minimum atomic E-state index is -0.446. The first-order chi connectivity index (χ1) is 12.2. The molecule has 0 aliphatic carbocycles. The molecule has 6 heteroatoms. The maximum atomic E-state index is 9.79. The predicted molar refractivity (Wildman–Crippen MR) is 92.3 cm³/mol. The van der Waals surface area contributed by atoms with Crippen molar-refractivity contribution in [2.24, 2.45) is 0 Å². The van der Waals surface area contributed by atoms with Crippen molar-refractivity contribution in [3.05, 3.63) is 59.9 Å². The van der Waals surface area contributed by atoms with Crippen molar-refractivity contribution in [3.8, 4) is 23.0 Å². The fraction of sp³-hybridized carbons (Fsp3) is 0.263. The summed E-state index contributed by atoms with van der Waals surface area (Å²) in [5, 5.41) is 13.7. The van der Waals surface area contributed by atoms with Gasteiger partial charge in [-0.15, -0.1) is 0 Å². The molecule has 1 aromatic heterocycles. The van der Waals surface area contributed by atoms with E-state index in [4.69, 9.17) is 14.0 Å². The van der Waals surface area contributed by atoms with Crippen molar-refractivity contribution in [2.45, 2.75) is 26.1 Å². The highest BCUT2D eigenvalue weighted by Crippen LogP contribution is 2.22. The van der Waals surface area contributed by atoms with Crippen molar-refractivity contribution in [2.75, 3.05) is 7.11 Å². The average molecular weight is 340 g/mol. The molecule has 0 fully saturated rings. The lowest BCUT2D eigenvalue weighted by atomic mass is 10.1. The third-order valence-electron chi connectivity index (χ3n) is 3.82. The summed E-state index contributed by atoms with van der Waals surface area (Å²) in [6.45, 7) is 2.14. The standard InChI is InChI=1S/C19H20N2O4/c1-3-17(22)13-4-10-16(11-5-13)24-12-18-20-19(25-21-18)14-6-8-15(23-2)9-7-14/h4-11,17,22H,3,12H2,1-2H3. The first-order valence-electron chi connectivity index (χ1n) is 8.07. The van der Waals surface area contributed by atoms with Gasteiger partial charge in [0, 0.05) is 5.56 Å². The molecule has 130 valence electrons. The van der Waals surface area contributed by atoms with Gasteiger partial charge < -0.3 is 19.1 Å². The van der Waals surface area contributed by atoms with E-state index in [1.807, 2.05) is 55.5 Å². The predicted octanol–water partition coefficient (Wildman–Crippen LogP) is 3.77. The molecule has 0 saturated carbocycles. The molecule has 2 aromatic carbocycles. The van der Waals surface area contributed by atoms with Crippen LogP contribution in [0.3, 0.4) is 0 Å². The Morgan fingerprint density at radius 2 is 1.72 bits per heavy atom. The molecule has 1 N–H and O–H groups in total. The number of rotatable bonds is 7. The Bertz CT molecular complexity index is 797. The molecule has 6 nitrogen and oxygen atoms in total. The number of hydrogen-bond acceptors (Lipinski definition) is 6. The molecule has 25 heavy (non-hydrogen) atoms. The Hall–Kier alpha value is -2.86. The number of aliphatic hydroxyl groups is 1. The summed E-state index contributed by atoms with van der Waals surface area (Å²) in [5.74, 6) is 2.34. The van der Waals surface area contributed by atoms with E-state index in [-0.39, 0.29) is 6.61 Å². The van der Waals surface area contributed by atoms with Crippen molar-refractivity contribution < 1.29 is 19.1 Å². The number of aliphatic hydroxyl groups excluding tert-OH is 1. The second kappa shape index (κ2) is 7.81. The van der Waals surface area contributed by atoms with Crippen LogP contribution < -0.4 is 9.47 Å². The number of nitrogens with zero attached hydrogens (tertiary/aromatic N) is 2. The molecule has 0 aliphatic heterocycles. The molecule has 0 aliphatic rings. The van der Waals surface area contributed by atoms with E-state index in [9.17, 15) is 5.11 Å². The average Bonchev–Trinajstić information content (AvgIpc) is 3.15. The van der Waals surface area contributed by atoms with Gasteiger partial charge in [-0.1, -0.05) is 24.2 Å². The van der Waals surface area contributed by atoms with Crippen LogP contribution in [0.1, 0.15) is 30.8 Å². The normalized spacial score (nSPS) is 12.0. The molecule has 0 amide bonds. The van der Waals surface area contributed by atoms with Gasteiger partial charge in [0.1, 0.15) is 11.5 Å². The molecule has 0 saturated heterocycles. The monoisotopic (exact) mass is 340 g/mol. The molecular formula is C19H20N2O4. The van der Waals surface area contributed by atoms with E-state index in [1.54, 1.807) is 7.11 Å². The van der Waals surface area contributed by atoms with Crippen LogP contribution in [0, 0.1) is 0 Å². The quantitative estimate of drug-likeness (QED) is 0.705. The molecule has 1 unspecified atom stereocenters. The number of aromatic nitrogens is 2. The van der Waals surface area contributed by atoms with Crippen LogP contribution in [0.25, 0.3) is 11.5 Å². The van der Waals surface area contributed by atoms with Crippen molar-refractivity contribution >= 4 is 0 Å². The Balaban J connectivity index is 1.61. The summed E-state index contributed by atoms with van der Waals surface area (Å²) < 4.78 is 16.0. The minimum Gasteiger partial charge on any atom is -0.497 e. The first-order valence-corrected chi connectivity index (χ1v) is 8.07. The van der Waals surface area contributed by atoms with Crippen LogP contribution >= 0.6 is 0 Å². The number of benzene rings is 2. The van der Waals surface area contributed by atoms with Gasteiger partial charge in [0.2, 0.25) is 5.82 Å². The third-order valence-corrected chi connectivity index (χ3v) is 3.82. The van der Waals surface area contributed by atoms with Gasteiger partial charge in [-0.05, 0) is 48.4 Å². The summed E-state index contributed by atoms with van der Waals surface area (Å²) in [5.41, 5.74) is 1.69. The van der Waals surface area contributed by atoms with Gasteiger partial charge in [-0.2, -0.15) is 4.98 Å². The Morgan fingerprint density at radius 3 is 2.36 bits per heavy atom. The molecule has 1 atom stereocenters. The fourth-order valence-electron chi connectivity index (χ4n) is 2.33. The molecule has 3 aromatic rings. The SMILES string of the molecule is CCC(O)c1ccc(OCc2noc(-c3ccc(OC)cc3)n2)cc1. The Kier molecular flexibility index (Phi) is 5.30. The first kappa shape index (κ1) is 17.0. The second-order valence-corrected chi connectivity index (χ2v) is 5.53. The maximum absolute atomic E-state index is 9.79. The van der Waals surface area contributed by atoms with E-state index in [2.05, 4.69) is 10.1 Å². The highest BCUT2D eigenvalue weighted by atomic mass is 16.5. The molecule has 0 radical (unpaired) electrons.